The molecule has 1 aromatic carbocycles. The summed E-state index contributed by atoms with van der Waals surface area (Å²) in [4.78, 5) is 11.1. The second-order valence-corrected chi connectivity index (χ2v) is 8.46. The third kappa shape index (κ3) is 5.18. The van der Waals surface area contributed by atoms with Gasteiger partial charge in [0.05, 0.1) is 18.1 Å². The molecular weight excluding hydrogens is 380 g/mol. The minimum atomic E-state index is -3.59. The third-order valence-corrected chi connectivity index (χ3v) is 6.02. The first-order valence-corrected chi connectivity index (χ1v) is 10.7. The zero-order valence-electron chi connectivity index (χ0n) is 16.4. The minimum Gasteiger partial charge on any atom is -0.476 e. The van der Waals surface area contributed by atoms with Crippen LogP contribution in [-0.2, 0) is 14.8 Å². The van der Waals surface area contributed by atoms with Crippen LogP contribution in [0.5, 0.6) is 5.88 Å². The monoisotopic (exact) mass is 406 g/mol. The Balaban J connectivity index is 1.59. The highest BCUT2D eigenvalue weighted by Crippen LogP contribution is 2.19. The highest BCUT2D eigenvalue weighted by Gasteiger charge is 2.17. The zero-order chi connectivity index (χ0) is 20.1. The quantitative estimate of drug-likeness (QED) is 0.698. The molecule has 2 heterocycles. The first-order valence-electron chi connectivity index (χ1n) is 9.23. The van der Waals surface area contributed by atoms with Crippen molar-refractivity contribution in [3.8, 4) is 5.88 Å². The highest BCUT2D eigenvalue weighted by atomic mass is 32.2. The number of ether oxygens (including phenoxy) is 2. The van der Waals surface area contributed by atoms with Crippen molar-refractivity contribution in [3.05, 3.63) is 41.2 Å². The molecule has 0 saturated carbocycles. The lowest BCUT2D eigenvalue weighted by Gasteiger charge is -2.28. The molecule has 1 aliphatic heterocycles. The van der Waals surface area contributed by atoms with Gasteiger partial charge in [-0.05, 0) is 38.0 Å². The molecule has 1 N–H and O–H groups in total. The molecule has 9 heteroatoms. The molecule has 0 radical (unpaired) electrons. The fraction of sp³-hybridized carbons (Fsp3) is 0.474. The summed E-state index contributed by atoms with van der Waals surface area (Å²) in [5.41, 5.74) is 1.61. The number of hydrogen-bond donors (Lipinski definition) is 1. The minimum absolute atomic E-state index is 0.144. The van der Waals surface area contributed by atoms with Gasteiger partial charge in [0, 0.05) is 25.7 Å². The van der Waals surface area contributed by atoms with Gasteiger partial charge in [0.25, 0.3) is 0 Å². The van der Waals surface area contributed by atoms with Gasteiger partial charge in [-0.1, -0.05) is 12.1 Å². The van der Waals surface area contributed by atoms with Crippen LogP contribution in [0.3, 0.4) is 0 Å². The van der Waals surface area contributed by atoms with Gasteiger partial charge in [-0.25, -0.2) is 18.1 Å². The Labute approximate surface area is 166 Å². The van der Waals surface area contributed by atoms with Gasteiger partial charge in [-0.3, -0.25) is 0 Å². The highest BCUT2D eigenvalue weighted by molar-refractivity contribution is 7.89. The van der Waals surface area contributed by atoms with E-state index in [1.807, 2.05) is 13.0 Å². The molecule has 1 fully saturated rings. The maximum absolute atomic E-state index is 12.5. The molecule has 0 amide bonds. The smallest absolute Gasteiger partial charge is 0.240 e. The van der Waals surface area contributed by atoms with E-state index in [0.717, 1.165) is 24.5 Å². The third-order valence-electron chi connectivity index (χ3n) is 4.41. The summed E-state index contributed by atoms with van der Waals surface area (Å²) in [5, 5.41) is 0. The Hall–Kier alpha value is -2.23. The van der Waals surface area contributed by atoms with Crippen LogP contribution >= 0.6 is 0 Å². The lowest BCUT2D eigenvalue weighted by molar-refractivity contribution is 0.122. The lowest BCUT2D eigenvalue weighted by atomic mass is 10.2. The summed E-state index contributed by atoms with van der Waals surface area (Å²) in [6.07, 6.45) is 0. The van der Waals surface area contributed by atoms with Crippen LogP contribution in [0.2, 0.25) is 0 Å². The Morgan fingerprint density at radius 1 is 1.14 bits per heavy atom. The maximum Gasteiger partial charge on any atom is 0.240 e. The Morgan fingerprint density at radius 3 is 2.64 bits per heavy atom. The first-order chi connectivity index (χ1) is 13.3. The van der Waals surface area contributed by atoms with Crippen LogP contribution < -0.4 is 14.4 Å². The maximum atomic E-state index is 12.5. The van der Waals surface area contributed by atoms with E-state index < -0.39 is 10.0 Å². The number of hydrogen-bond acceptors (Lipinski definition) is 7. The molecule has 28 heavy (non-hydrogen) atoms. The largest absolute Gasteiger partial charge is 0.476 e. The molecule has 1 saturated heterocycles. The number of nitrogens with zero attached hydrogens (tertiary/aromatic N) is 3. The Morgan fingerprint density at radius 2 is 1.89 bits per heavy atom. The molecule has 1 aliphatic rings. The van der Waals surface area contributed by atoms with Crippen molar-refractivity contribution in [2.24, 2.45) is 0 Å². The van der Waals surface area contributed by atoms with Gasteiger partial charge in [0.1, 0.15) is 18.2 Å². The second-order valence-electron chi connectivity index (χ2n) is 6.73. The number of aryl methyl sites for hydroxylation is 3. The van der Waals surface area contributed by atoms with Crippen molar-refractivity contribution in [2.45, 2.75) is 25.7 Å². The number of aromatic nitrogens is 2. The van der Waals surface area contributed by atoms with E-state index in [-0.39, 0.29) is 13.2 Å². The van der Waals surface area contributed by atoms with Crippen LogP contribution in [0.4, 0.5) is 5.82 Å². The molecule has 152 valence electrons. The van der Waals surface area contributed by atoms with E-state index in [9.17, 15) is 8.42 Å². The summed E-state index contributed by atoms with van der Waals surface area (Å²) < 4.78 is 38.7. The van der Waals surface area contributed by atoms with Crippen LogP contribution in [0.1, 0.15) is 17.0 Å². The van der Waals surface area contributed by atoms with E-state index in [2.05, 4.69) is 19.6 Å². The number of sulfonamides is 1. The Bertz CT molecular complexity index is 928. The van der Waals surface area contributed by atoms with Gasteiger partial charge in [-0.2, -0.15) is 4.98 Å². The summed E-state index contributed by atoms with van der Waals surface area (Å²) in [6, 6.07) is 7.14. The summed E-state index contributed by atoms with van der Waals surface area (Å²) >= 11 is 0. The van der Waals surface area contributed by atoms with Crippen molar-refractivity contribution < 1.29 is 17.9 Å². The van der Waals surface area contributed by atoms with Crippen molar-refractivity contribution >= 4 is 15.8 Å². The average Bonchev–Trinajstić information content (AvgIpc) is 2.67. The number of benzene rings is 1. The predicted molar refractivity (Wildman–Crippen MR) is 106 cm³/mol. The second kappa shape index (κ2) is 8.85. The fourth-order valence-electron chi connectivity index (χ4n) is 2.96. The summed E-state index contributed by atoms with van der Waals surface area (Å²) in [7, 11) is -3.59. The van der Waals surface area contributed by atoms with Gasteiger partial charge in [0.15, 0.2) is 0 Å². The van der Waals surface area contributed by atoms with Crippen molar-refractivity contribution in [3.63, 3.8) is 0 Å². The van der Waals surface area contributed by atoms with Crippen LogP contribution in [-0.4, -0.2) is 57.8 Å². The van der Waals surface area contributed by atoms with Crippen molar-refractivity contribution in [2.75, 3.05) is 44.4 Å². The van der Waals surface area contributed by atoms with Gasteiger partial charge >= 0.3 is 0 Å². The fourth-order valence-corrected chi connectivity index (χ4v) is 4.30. The molecule has 0 unspecified atom stereocenters. The predicted octanol–water partition coefficient (Wildman–Crippen LogP) is 1.60. The van der Waals surface area contributed by atoms with E-state index in [4.69, 9.17) is 9.47 Å². The normalized spacial score (nSPS) is 14.9. The summed E-state index contributed by atoms with van der Waals surface area (Å²) in [6.45, 7) is 8.64. The van der Waals surface area contributed by atoms with Crippen LogP contribution in [0.25, 0.3) is 0 Å². The zero-order valence-corrected chi connectivity index (χ0v) is 17.3. The molecule has 8 nitrogen and oxygen atoms in total. The molecule has 0 bridgehead atoms. The molecule has 1 aromatic heterocycles. The first kappa shape index (κ1) is 20.5. The van der Waals surface area contributed by atoms with Crippen molar-refractivity contribution in [1.29, 1.82) is 0 Å². The van der Waals surface area contributed by atoms with Crippen LogP contribution in [0.15, 0.2) is 29.2 Å². The van der Waals surface area contributed by atoms with Gasteiger partial charge in [-0.15, -0.1) is 0 Å². The van der Waals surface area contributed by atoms with Crippen LogP contribution in [0, 0.1) is 20.8 Å². The number of morpholine rings is 1. The van der Waals surface area contributed by atoms with Crippen molar-refractivity contribution in [1.82, 2.24) is 14.7 Å². The van der Waals surface area contributed by atoms with E-state index in [0.29, 0.717) is 35.4 Å². The molecule has 2 aromatic rings. The Kier molecular flexibility index (Phi) is 6.48. The lowest BCUT2D eigenvalue weighted by Crippen LogP contribution is -2.37. The SMILES string of the molecule is Cc1ccc(C)c(S(=O)(=O)NCCOc2cc(N3CCOCC3)nc(C)n2)c1. The topological polar surface area (TPSA) is 93.7 Å². The molecule has 0 atom stereocenters. The summed E-state index contributed by atoms with van der Waals surface area (Å²) in [5.74, 6) is 1.83. The van der Waals surface area contributed by atoms with E-state index >= 15 is 0 Å². The van der Waals surface area contributed by atoms with Gasteiger partial charge < -0.3 is 14.4 Å². The van der Waals surface area contributed by atoms with Gasteiger partial charge in [0.2, 0.25) is 15.9 Å². The number of anilines is 1. The number of rotatable bonds is 7. The molecule has 0 spiro atoms. The molecular formula is C19H26N4O4S. The molecule has 0 aliphatic carbocycles. The standard InChI is InChI=1S/C19H26N4O4S/c1-14-4-5-15(2)17(12-14)28(24,25)20-6-9-27-19-13-18(21-16(3)22-19)23-7-10-26-11-8-23/h4-5,12-13,20H,6-11H2,1-3H3. The van der Waals surface area contributed by atoms with E-state index in [1.165, 1.54) is 0 Å². The molecule has 3 rings (SSSR count). The number of nitrogens with one attached hydrogen (secondary N) is 1. The van der Waals surface area contributed by atoms with E-state index in [1.54, 1.807) is 32.0 Å². The average molecular weight is 407 g/mol.